The largest absolute Gasteiger partial charge is 0.383 e. The second-order valence-electron chi connectivity index (χ2n) is 4.49. The van der Waals surface area contributed by atoms with E-state index in [4.69, 9.17) is 4.74 Å². The van der Waals surface area contributed by atoms with Crippen LogP contribution in [0.5, 0.6) is 0 Å². The minimum absolute atomic E-state index is 0.123. The second-order valence-corrected chi connectivity index (χ2v) is 6.75. The first-order valence-corrected chi connectivity index (χ1v) is 8.45. The SMILES string of the molecule is CCc1c(CNCCOC)cnn1CCS(C)(=O)=O. The number of aromatic nitrogens is 2. The third-order valence-electron chi connectivity index (χ3n) is 2.84. The maximum atomic E-state index is 11.2. The molecule has 0 spiro atoms. The van der Waals surface area contributed by atoms with Gasteiger partial charge in [-0.05, 0) is 6.42 Å². The van der Waals surface area contributed by atoms with Crippen molar-refractivity contribution in [3.8, 4) is 0 Å². The van der Waals surface area contributed by atoms with E-state index in [-0.39, 0.29) is 5.75 Å². The molecule has 0 saturated heterocycles. The van der Waals surface area contributed by atoms with Crippen LogP contribution in [0.15, 0.2) is 6.20 Å². The van der Waals surface area contributed by atoms with Crippen LogP contribution in [0.3, 0.4) is 0 Å². The van der Waals surface area contributed by atoms with Gasteiger partial charge in [-0.3, -0.25) is 4.68 Å². The summed E-state index contributed by atoms with van der Waals surface area (Å²) in [6, 6.07) is 0. The first-order valence-electron chi connectivity index (χ1n) is 6.39. The summed E-state index contributed by atoms with van der Waals surface area (Å²) in [5, 5.41) is 7.54. The number of nitrogens with one attached hydrogen (secondary N) is 1. The van der Waals surface area contributed by atoms with Crippen molar-refractivity contribution in [1.82, 2.24) is 15.1 Å². The maximum absolute atomic E-state index is 11.2. The fourth-order valence-corrected chi connectivity index (χ4v) is 2.35. The summed E-state index contributed by atoms with van der Waals surface area (Å²) in [7, 11) is -1.29. The number of rotatable bonds is 9. The Hall–Kier alpha value is -0.920. The van der Waals surface area contributed by atoms with Crippen molar-refractivity contribution in [3.63, 3.8) is 0 Å². The van der Waals surface area contributed by atoms with Crippen LogP contribution < -0.4 is 5.32 Å². The van der Waals surface area contributed by atoms with E-state index in [1.165, 1.54) is 6.26 Å². The van der Waals surface area contributed by atoms with E-state index < -0.39 is 9.84 Å². The summed E-state index contributed by atoms with van der Waals surface area (Å²) in [6.07, 6.45) is 3.89. The summed E-state index contributed by atoms with van der Waals surface area (Å²) < 4.78 is 29.1. The molecule has 0 aliphatic heterocycles. The third-order valence-corrected chi connectivity index (χ3v) is 3.77. The first kappa shape index (κ1) is 16.1. The Bertz CT molecular complexity index is 482. The highest BCUT2D eigenvalue weighted by Gasteiger charge is 2.10. The molecule has 0 amide bonds. The van der Waals surface area contributed by atoms with E-state index in [2.05, 4.69) is 10.4 Å². The summed E-state index contributed by atoms with van der Waals surface area (Å²) in [6.45, 7) is 4.65. The Kier molecular flexibility index (Phi) is 6.47. The maximum Gasteiger partial charge on any atom is 0.149 e. The van der Waals surface area contributed by atoms with Crippen molar-refractivity contribution < 1.29 is 13.2 Å². The fraction of sp³-hybridized carbons (Fsp3) is 0.750. The Balaban J connectivity index is 2.61. The van der Waals surface area contributed by atoms with E-state index >= 15 is 0 Å². The second kappa shape index (κ2) is 7.62. The van der Waals surface area contributed by atoms with Gasteiger partial charge >= 0.3 is 0 Å². The van der Waals surface area contributed by atoms with Gasteiger partial charge < -0.3 is 10.1 Å². The van der Waals surface area contributed by atoms with E-state index in [9.17, 15) is 8.42 Å². The van der Waals surface area contributed by atoms with Crippen LogP contribution in [0, 0.1) is 0 Å². The van der Waals surface area contributed by atoms with Crippen LogP contribution in [0.2, 0.25) is 0 Å². The molecule has 1 aromatic rings. The number of aryl methyl sites for hydroxylation is 1. The van der Waals surface area contributed by atoms with Gasteiger partial charge in [0.05, 0.1) is 25.1 Å². The predicted octanol–water partition coefficient (Wildman–Crippen LogP) is 0.226. The zero-order valence-electron chi connectivity index (χ0n) is 11.8. The van der Waals surface area contributed by atoms with E-state index in [1.54, 1.807) is 18.0 Å². The topological polar surface area (TPSA) is 73.2 Å². The summed E-state index contributed by atoms with van der Waals surface area (Å²) in [5.41, 5.74) is 2.21. The van der Waals surface area contributed by atoms with Gasteiger partial charge in [0.25, 0.3) is 0 Å². The monoisotopic (exact) mass is 289 g/mol. The molecule has 6 nitrogen and oxygen atoms in total. The van der Waals surface area contributed by atoms with E-state index in [0.717, 1.165) is 30.8 Å². The molecule has 0 fully saturated rings. The van der Waals surface area contributed by atoms with Crippen LogP contribution in [0.25, 0.3) is 0 Å². The Morgan fingerprint density at radius 1 is 1.47 bits per heavy atom. The number of nitrogens with zero attached hydrogens (tertiary/aromatic N) is 2. The average molecular weight is 289 g/mol. The van der Waals surface area contributed by atoms with Gasteiger partial charge in [-0.2, -0.15) is 5.10 Å². The molecule has 0 atom stereocenters. The highest BCUT2D eigenvalue weighted by atomic mass is 32.2. The lowest BCUT2D eigenvalue weighted by Crippen LogP contribution is -2.19. The molecule has 0 aliphatic rings. The van der Waals surface area contributed by atoms with Crippen LogP contribution in [0.4, 0.5) is 0 Å². The highest BCUT2D eigenvalue weighted by Crippen LogP contribution is 2.09. The number of ether oxygens (including phenoxy) is 1. The number of hydrogen-bond acceptors (Lipinski definition) is 5. The number of sulfone groups is 1. The zero-order valence-corrected chi connectivity index (χ0v) is 12.7. The van der Waals surface area contributed by atoms with Crippen molar-refractivity contribution in [2.45, 2.75) is 26.4 Å². The van der Waals surface area contributed by atoms with Crippen molar-refractivity contribution in [2.75, 3.05) is 32.3 Å². The minimum Gasteiger partial charge on any atom is -0.383 e. The van der Waals surface area contributed by atoms with Crippen LogP contribution in [-0.4, -0.2) is 50.5 Å². The lowest BCUT2D eigenvalue weighted by Gasteiger charge is -2.08. The number of methoxy groups -OCH3 is 1. The molecule has 1 rings (SSSR count). The Morgan fingerprint density at radius 2 is 2.21 bits per heavy atom. The van der Waals surface area contributed by atoms with Crippen LogP contribution in [-0.2, 0) is 34.1 Å². The predicted molar refractivity (Wildman–Crippen MR) is 74.9 cm³/mol. The highest BCUT2D eigenvalue weighted by molar-refractivity contribution is 7.90. The molecule has 1 aromatic heterocycles. The van der Waals surface area contributed by atoms with Gasteiger partial charge in [0.15, 0.2) is 0 Å². The lowest BCUT2D eigenvalue weighted by atomic mass is 10.2. The van der Waals surface area contributed by atoms with Gasteiger partial charge in [-0.1, -0.05) is 6.92 Å². The van der Waals surface area contributed by atoms with E-state index in [1.807, 2.05) is 6.92 Å². The standard InChI is InChI=1S/C12H23N3O3S/c1-4-12-11(9-13-5-7-18-2)10-14-15(12)6-8-19(3,16)17/h10,13H,4-9H2,1-3H3. The molecule has 7 heteroatoms. The van der Waals surface area contributed by atoms with E-state index in [0.29, 0.717) is 13.2 Å². The van der Waals surface area contributed by atoms with Gasteiger partial charge in [0.2, 0.25) is 0 Å². The summed E-state index contributed by atoms with van der Waals surface area (Å²) in [4.78, 5) is 0. The third kappa shape index (κ3) is 5.71. The van der Waals surface area contributed by atoms with Crippen molar-refractivity contribution >= 4 is 9.84 Å². The molecular weight excluding hydrogens is 266 g/mol. The lowest BCUT2D eigenvalue weighted by molar-refractivity contribution is 0.199. The average Bonchev–Trinajstić information content (AvgIpc) is 2.73. The van der Waals surface area contributed by atoms with Crippen molar-refractivity contribution in [3.05, 3.63) is 17.5 Å². The first-order chi connectivity index (χ1) is 8.98. The van der Waals surface area contributed by atoms with Crippen molar-refractivity contribution in [2.24, 2.45) is 0 Å². The molecule has 0 aliphatic carbocycles. The molecule has 0 aromatic carbocycles. The summed E-state index contributed by atoms with van der Waals surface area (Å²) >= 11 is 0. The van der Waals surface area contributed by atoms with Gasteiger partial charge in [-0.25, -0.2) is 8.42 Å². The Labute approximate surface area is 115 Å². The smallest absolute Gasteiger partial charge is 0.149 e. The molecule has 0 radical (unpaired) electrons. The molecule has 1 N–H and O–H groups in total. The van der Waals surface area contributed by atoms with Gasteiger partial charge in [0, 0.05) is 37.7 Å². The minimum atomic E-state index is -2.96. The fourth-order valence-electron chi connectivity index (χ4n) is 1.85. The molecule has 0 unspecified atom stereocenters. The normalized spacial score (nSPS) is 11.9. The van der Waals surface area contributed by atoms with Crippen LogP contribution >= 0.6 is 0 Å². The Morgan fingerprint density at radius 3 is 2.79 bits per heavy atom. The molecule has 0 saturated carbocycles. The van der Waals surface area contributed by atoms with Gasteiger partial charge in [-0.15, -0.1) is 0 Å². The zero-order chi connectivity index (χ0) is 14.3. The quantitative estimate of drug-likeness (QED) is 0.659. The molecule has 19 heavy (non-hydrogen) atoms. The molecule has 110 valence electrons. The molecule has 1 heterocycles. The van der Waals surface area contributed by atoms with Crippen LogP contribution in [0.1, 0.15) is 18.2 Å². The van der Waals surface area contributed by atoms with Gasteiger partial charge in [0.1, 0.15) is 9.84 Å². The summed E-state index contributed by atoms with van der Waals surface area (Å²) in [5.74, 6) is 0.123. The molecular formula is C12H23N3O3S. The number of hydrogen-bond donors (Lipinski definition) is 1. The van der Waals surface area contributed by atoms with Crippen molar-refractivity contribution in [1.29, 1.82) is 0 Å². The molecule has 0 bridgehead atoms.